The lowest BCUT2D eigenvalue weighted by Gasteiger charge is -2.32. The normalized spacial score (nSPS) is 32.5. The van der Waals surface area contributed by atoms with Crippen molar-refractivity contribution >= 4 is 0 Å². The van der Waals surface area contributed by atoms with Gasteiger partial charge in [-0.2, -0.15) is 0 Å². The molecule has 2 unspecified atom stereocenters. The minimum atomic E-state index is 0.376. The van der Waals surface area contributed by atoms with Gasteiger partial charge in [0.2, 0.25) is 0 Å². The van der Waals surface area contributed by atoms with Gasteiger partial charge in [0.25, 0.3) is 0 Å². The molecule has 2 rings (SSSR count). The quantitative estimate of drug-likeness (QED) is 0.718. The summed E-state index contributed by atoms with van der Waals surface area (Å²) in [7, 11) is 0. The van der Waals surface area contributed by atoms with E-state index < -0.39 is 0 Å². The van der Waals surface area contributed by atoms with Crippen molar-refractivity contribution in [1.29, 1.82) is 0 Å². The Balaban J connectivity index is 1.83. The van der Waals surface area contributed by atoms with Crippen molar-refractivity contribution in [3.8, 4) is 0 Å². The molecule has 0 aromatic rings. The first-order valence-corrected chi connectivity index (χ1v) is 8.16. The van der Waals surface area contributed by atoms with Gasteiger partial charge < -0.3 is 15.0 Å². The molecule has 0 aromatic carbocycles. The highest BCUT2D eigenvalue weighted by Crippen LogP contribution is 2.32. The molecule has 2 aliphatic rings. The molecule has 0 radical (unpaired) electrons. The lowest BCUT2D eigenvalue weighted by Crippen LogP contribution is -2.44. The van der Waals surface area contributed by atoms with E-state index in [0.29, 0.717) is 5.41 Å². The van der Waals surface area contributed by atoms with Gasteiger partial charge >= 0.3 is 0 Å². The maximum absolute atomic E-state index is 5.71. The van der Waals surface area contributed by atoms with Crippen LogP contribution in [0.25, 0.3) is 0 Å². The average molecular weight is 268 g/mol. The Bertz CT molecular complexity index is 261. The van der Waals surface area contributed by atoms with Crippen molar-refractivity contribution in [3.63, 3.8) is 0 Å². The van der Waals surface area contributed by atoms with Crippen LogP contribution in [-0.2, 0) is 4.74 Å². The molecular weight excluding hydrogens is 236 g/mol. The third-order valence-electron chi connectivity index (χ3n) is 4.92. The Morgan fingerprint density at radius 2 is 2.26 bits per heavy atom. The Morgan fingerprint density at radius 3 is 2.84 bits per heavy atom. The van der Waals surface area contributed by atoms with E-state index in [0.717, 1.165) is 38.1 Å². The Hall–Kier alpha value is -0.120. The van der Waals surface area contributed by atoms with E-state index in [-0.39, 0.29) is 0 Å². The van der Waals surface area contributed by atoms with Crippen LogP contribution in [-0.4, -0.2) is 50.8 Å². The third-order valence-corrected chi connectivity index (χ3v) is 4.92. The van der Waals surface area contributed by atoms with Crippen LogP contribution < -0.4 is 5.32 Å². The molecule has 3 nitrogen and oxygen atoms in total. The summed E-state index contributed by atoms with van der Waals surface area (Å²) in [4.78, 5) is 2.69. The summed E-state index contributed by atoms with van der Waals surface area (Å²) in [6, 6.07) is 0. The predicted molar refractivity (Wildman–Crippen MR) is 80.4 cm³/mol. The molecule has 2 atom stereocenters. The second-order valence-electron chi connectivity index (χ2n) is 7.01. The van der Waals surface area contributed by atoms with Crippen LogP contribution in [0.5, 0.6) is 0 Å². The minimum Gasteiger partial charge on any atom is -0.381 e. The van der Waals surface area contributed by atoms with Crippen LogP contribution in [0, 0.1) is 17.3 Å². The molecule has 2 saturated heterocycles. The van der Waals surface area contributed by atoms with Crippen molar-refractivity contribution in [2.75, 3.05) is 45.9 Å². The monoisotopic (exact) mass is 268 g/mol. The molecule has 112 valence electrons. The minimum absolute atomic E-state index is 0.376. The van der Waals surface area contributed by atoms with Crippen molar-refractivity contribution in [2.45, 2.75) is 40.0 Å². The highest BCUT2D eigenvalue weighted by Gasteiger charge is 2.38. The standard InChI is InChI=1S/C16H32N2O/c1-4-7-17-11-16(6-9-19-13-16)12-18-8-5-15(10-18)14(2)3/h14-15,17H,4-13H2,1-3H3. The van der Waals surface area contributed by atoms with E-state index in [4.69, 9.17) is 4.74 Å². The predicted octanol–water partition coefficient (Wildman–Crippen LogP) is 2.37. The summed E-state index contributed by atoms with van der Waals surface area (Å²) in [5, 5.41) is 3.62. The van der Waals surface area contributed by atoms with E-state index in [9.17, 15) is 0 Å². The molecule has 0 amide bonds. The van der Waals surface area contributed by atoms with E-state index >= 15 is 0 Å². The molecule has 0 saturated carbocycles. The maximum atomic E-state index is 5.71. The molecule has 0 aliphatic carbocycles. The second-order valence-corrected chi connectivity index (χ2v) is 7.01. The number of hydrogen-bond acceptors (Lipinski definition) is 3. The zero-order valence-electron chi connectivity index (χ0n) is 13.1. The largest absolute Gasteiger partial charge is 0.381 e. The van der Waals surface area contributed by atoms with Crippen LogP contribution in [0.3, 0.4) is 0 Å². The first-order chi connectivity index (χ1) is 9.15. The summed E-state index contributed by atoms with van der Waals surface area (Å²) in [6.45, 7) is 15.0. The molecule has 0 bridgehead atoms. The van der Waals surface area contributed by atoms with Crippen LogP contribution >= 0.6 is 0 Å². The van der Waals surface area contributed by atoms with Gasteiger partial charge in [-0.25, -0.2) is 0 Å². The van der Waals surface area contributed by atoms with Gasteiger partial charge in [-0.15, -0.1) is 0 Å². The van der Waals surface area contributed by atoms with E-state index in [1.165, 1.54) is 38.9 Å². The molecule has 2 heterocycles. The smallest absolute Gasteiger partial charge is 0.0547 e. The van der Waals surface area contributed by atoms with Gasteiger partial charge in [0, 0.05) is 31.7 Å². The summed E-state index contributed by atoms with van der Waals surface area (Å²) in [6.07, 6.45) is 3.83. The van der Waals surface area contributed by atoms with Crippen LogP contribution in [0.15, 0.2) is 0 Å². The second kappa shape index (κ2) is 7.05. The van der Waals surface area contributed by atoms with Crippen molar-refractivity contribution in [1.82, 2.24) is 10.2 Å². The summed E-state index contributed by atoms with van der Waals surface area (Å²) in [5.74, 6) is 1.74. The maximum Gasteiger partial charge on any atom is 0.0547 e. The Kier molecular flexibility index (Phi) is 5.67. The highest BCUT2D eigenvalue weighted by atomic mass is 16.5. The average Bonchev–Trinajstić information content (AvgIpc) is 3.00. The van der Waals surface area contributed by atoms with Crippen molar-refractivity contribution in [3.05, 3.63) is 0 Å². The third kappa shape index (κ3) is 4.17. The number of ether oxygens (including phenoxy) is 1. The number of nitrogens with zero attached hydrogens (tertiary/aromatic N) is 1. The van der Waals surface area contributed by atoms with Crippen LogP contribution in [0.1, 0.15) is 40.0 Å². The topological polar surface area (TPSA) is 24.5 Å². The van der Waals surface area contributed by atoms with Crippen LogP contribution in [0.2, 0.25) is 0 Å². The molecule has 0 spiro atoms. The Labute approximate surface area is 119 Å². The van der Waals surface area contributed by atoms with Gasteiger partial charge in [-0.1, -0.05) is 20.8 Å². The molecule has 19 heavy (non-hydrogen) atoms. The number of rotatable bonds is 7. The van der Waals surface area contributed by atoms with Gasteiger partial charge in [0.05, 0.1) is 6.61 Å². The molecule has 1 N–H and O–H groups in total. The SMILES string of the molecule is CCCNCC1(CN2CCC(C(C)C)C2)CCOC1. The lowest BCUT2D eigenvalue weighted by atomic mass is 9.86. The first-order valence-electron chi connectivity index (χ1n) is 8.16. The van der Waals surface area contributed by atoms with E-state index in [2.05, 4.69) is 31.0 Å². The van der Waals surface area contributed by atoms with Gasteiger partial charge in [-0.3, -0.25) is 0 Å². The molecule has 2 aliphatic heterocycles. The first kappa shape index (κ1) is 15.3. The molecular formula is C16H32N2O. The summed E-state index contributed by atoms with van der Waals surface area (Å²) in [5.41, 5.74) is 0.376. The Morgan fingerprint density at radius 1 is 1.42 bits per heavy atom. The van der Waals surface area contributed by atoms with Gasteiger partial charge in [-0.05, 0) is 44.2 Å². The molecule has 3 heteroatoms. The number of likely N-dealkylation sites (tertiary alicyclic amines) is 1. The molecule has 2 fully saturated rings. The fourth-order valence-electron chi connectivity index (χ4n) is 3.52. The van der Waals surface area contributed by atoms with E-state index in [1.807, 2.05) is 0 Å². The van der Waals surface area contributed by atoms with Crippen molar-refractivity contribution in [2.24, 2.45) is 17.3 Å². The molecule has 0 aromatic heterocycles. The van der Waals surface area contributed by atoms with Crippen LogP contribution in [0.4, 0.5) is 0 Å². The van der Waals surface area contributed by atoms with Gasteiger partial charge in [0.1, 0.15) is 0 Å². The van der Waals surface area contributed by atoms with E-state index in [1.54, 1.807) is 0 Å². The number of hydrogen-bond donors (Lipinski definition) is 1. The fourth-order valence-corrected chi connectivity index (χ4v) is 3.52. The summed E-state index contributed by atoms with van der Waals surface area (Å²) < 4.78 is 5.71. The van der Waals surface area contributed by atoms with Gasteiger partial charge in [0.15, 0.2) is 0 Å². The zero-order chi connectivity index (χ0) is 13.7. The fraction of sp³-hybridized carbons (Fsp3) is 1.00. The van der Waals surface area contributed by atoms with Crippen molar-refractivity contribution < 1.29 is 4.74 Å². The zero-order valence-corrected chi connectivity index (χ0v) is 13.1. The lowest BCUT2D eigenvalue weighted by molar-refractivity contribution is 0.116. The number of nitrogens with one attached hydrogen (secondary N) is 1. The summed E-state index contributed by atoms with van der Waals surface area (Å²) >= 11 is 0. The highest BCUT2D eigenvalue weighted by molar-refractivity contribution is 4.91.